The van der Waals surface area contributed by atoms with Gasteiger partial charge in [0.15, 0.2) is 0 Å². The summed E-state index contributed by atoms with van der Waals surface area (Å²) in [6.45, 7) is 3.14. The summed E-state index contributed by atoms with van der Waals surface area (Å²) in [4.78, 5) is 20.1. The van der Waals surface area contributed by atoms with Crippen LogP contribution in [0.4, 0.5) is 0 Å². The average molecular weight is 429 g/mol. The Balaban J connectivity index is 1.76. The number of halogens is 1. The lowest BCUT2D eigenvalue weighted by molar-refractivity contribution is -0.113. The van der Waals surface area contributed by atoms with Crippen molar-refractivity contribution < 1.29 is 4.79 Å². The van der Waals surface area contributed by atoms with Gasteiger partial charge in [0.05, 0.1) is 16.0 Å². The summed E-state index contributed by atoms with van der Waals surface area (Å²) in [5.74, 6) is -0.235. The monoisotopic (exact) mass is 428 g/mol. The first-order valence-electron chi connectivity index (χ1n) is 9.50. The molecule has 2 aliphatic heterocycles. The van der Waals surface area contributed by atoms with Crippen molar-refractivity contribution in [3.63, 3.8) is 0 Å². The zero-order valence-electron chi connectivity index (χ0n) is 15.6. The lowest BCUT2D eigenvalue weighted by Gasteiger charge is -2.35. The Morgan fingerprint density at radius 1 is 1.29 bits per heavy atom. The van der Waals surface area contributed by atoms with Crippen molar-refractivity contribution in [2.75, 3.05) is 6.54 Å². The molecule has 2 heterocycles. The number of alkyl halides is 1. The van der Waals surface area contributed by atoms with E-state index >= 15 is 0 Å². The Kier molecular flexibility index (Phi) is 5.85. The highest BCUT2D eigenvalue weighted by Crippen LogP contribution is 2.40. The van der Waals surface area contributed by atoms with Gasteiger partial charge in [-0.1, -0.05) is 66.5 Å². The summed E-state index contributed by atoms with van der Waals surface area (Å²) in [5.41, 5.74) is 3.43. The number of carbonyl (C=O) groups excluding carboxylic acids is 1. The van der Waals surface area contributed by atoms with Crippen molar-refractivity contribution in [2.24, 2.45) is 4.99 Å². The molecule has 0 N–H and O–H groups in total. The van der Waals surface area contributed by atoms with E-state index in [9.17, 15) is 4.79 Å². The van der Waals surface area contributed by atoms with Crippen LogP contribution in [0.15, 0.2) is 64.0 Å². The number of rotatable bonds is 2. The summed E-state index contributed by atoms with van der Waals surface area (Å²) in [5, 5.41) is -0.221. The summed E-state index contributed by atoms with van der Waals surface area (Å²) < 4.78 is 0.747. The second-order valence-corrected chi connectivity index (χ2v) is 9.31. The molecule has 0 saturated carbocycles. The van der Waals surface area contributed by atoms with E-state index in [-0.39, 0.29) is 11.3 Å². The Hall–Kier alpha value is -1.69. The molecule has 4 rings (SSSR count). The molecule has 1 aromatic rings. The smallest absolute Gasteiger partial charge is 0.285 e. The van der Waals surface area contributed by atoms with Crippen molar-refractivity contribution in [1.82, 2.24) is 4.90 Å². The van der Waals surface area contributed by atoms with E-state index < -0.39 is 0 Å². The highest BCUT2D eigenvalue weighted by Gasteiger charge is 2.32. The van der Waals surface area contributed by atoms with Gasteiger partial charge >= 0.3 is 0 Å². The van der Waals surface area contributed by atoms with Crippen molar-refractivity contribution in [1.29, 1.82) is 0 Å². The van der Waals surface area contributed by atoms with Gasteiger partial charge in [-0.05, 0) is 37.8 Å². The van der Waals surface area contributed by atoms with E-state index in [1.807, 2.05) is 48.6 Å². The number of aliphatic imine (C=N–C) groups is 1. The highest BCUT2D eigenvalue weighted by molar-refractivity contribution is 8.26. The quantitative estimate of drug-likeness (QED) is 0.468. The van der Waals surface area contributed by atoms with Crippen LogP contribution >= 0.6 is 35.6 Å². The number of hydrogen-bond acceptors (Lipinski definition) is 3. The van der Waals surface area contributed by atoms with E-state index in [1.165, 1.54) is 18.2 Å². The number of likely N-dealkylation sites (tertiary alicyclic amines) is 1. The van der Waals surface area contributed by atoms with Crippen LogP contribution in [0.2, 0.25) is 0 Å². The standard InChI is InChI=1S/C22H21ClN2OS2/c1-14-7-5-6-12-25(14)22(27)28-20-19(15-8-3-2-4-9-15)17-13-16(23)10-11-18(17)24-21(20)26/h2-4,8-11,13-14,16H,5-7,12H2,1H3. The predicted molar refractivity (Wildman–Crippen MR) is 123 cm³/mol. The molecule has 0 aromatic heterocycles. The van der Waals surface area contributed by atoms with Crippen LogP contribution in [0, 0.1) is 0 Å². The fourth-order valence-electron chi connectivity index (χ4n) is 3.77. The molecule has 1 fully saturated rings. The van der Waals surface area contributed by atoms with Crippen LogP contribution in [-0.4, -0.2) is 38.8 Å². The summed E-state index contributed by atoms with van der Waals surface area (Å²) in [6.07, 6.45) is 9.13. The number of nitrogens with zero attached hydrogens (tertiary/aromatic N) is 2. The third-order valence-corrected chi connectivity index (χ3v) is 6.99. The van der Waals surface area contributed by atoms with E-state index in [2.05, 4.69) is 16.8 Å². The fraction of sp³-hybridized carbons (Fsp3) is 0.318. The minimum absolute atomic E-state index is 0.221. The number of benzene rings is 1. The maximum atomic E-state index is 13.0. The van der Waals surface area contributed by atoms with Crippen molar-refractivity contribution in [3.8, 4) is 0 Å². The Bertz CT molecular complexity index is 933. The molecule has 1 amide bonds. The molecule has 3 nitrogen and oxygen atoms in total. The van der Waals surface area contributed by atoms with E-state index in [4.69, 9.17) is 23.8 Å². The van der Waals surface area contributed by atoms with Gasteiger partial charge in [-0.2, -0.15) is 0 Å². The van der Waals surface area contributed by atoms with Gasteiger partial charge < -0.3 is 4.90 Å². The van der Waals surface area contributed by atoms with Gasteiger partial charge in [-0.25, -0.2) is 4.99 Å². The number of allylic oxidation sites excluding steroid dienone is 5. The molecule has 1 aliphatic carbocycles. The third kappa shape index (κ3) is 3.88. The second kappa shape index (κ2) is 8.36. The number of dihydropyridines is 1. The van der Waals surface area contributed by atoms with Gasteiger partial charge in [0.2, 0.25) is 0 Å². The minimum atomic E-state index is -0.235. The molecule has 0 spiro atoms. The molecule has 28 heavy (non-hydrogen) atoms. The zero-order valence-corrected chi connectivity index (χ0v) is 18.0. The van der Waals surface area contributed by atoms with Gasteiger partial charge in [0, 0.05) is 23.7 Å². The van der Waals surface area contributed by atoms with Gasteiger partial charge in [0.1, 0.15) is 4.32 Å². The molecule has 2 unspecified atom stereocenters. The normalized spacial score (nSPS) is 24.6. The summed E-state index contributed by atoms with van der Waals surface area (Å²) in [7, 11) is 0. The number of thioether (sulfide) groups is 1. The number of amides is 1. The van der Waals surface area contributed by atoms with Crippen LogP contribution < -0.4 is 0 Å². The molecular weight excluding hydrogens is 408 g/mol. The number of fused-ring (bicyclic) bond motifs is 1. The minimum Gasteiger partial charge on any atom is -0.355 e. The SMILES string of the molecule is CC1CCCCN1C(=S)SC1=C(c2ccccc2)C2=CC(Cl)C=CC2=NC1=O. The first-order chi connectivity index (χ1) is 13.5. The Labute approximate surface area is 180 Å². The van der Waals surface area contributed by atoms with Crippen LogP contribution in [-0.2, 0) is 4.79 Å². The molecule has 6 heteroatoms. The highest BCUT2D eigenvalue weighted by atomic mass is 35.5. The number of thiocarbonyl (C=S) groups is 1. The number of piperidine rings is 1. The first kappa shape index (κ1) is 19.6. The first-order valence-corrected chi connectivity index (χ1v) is 11.2. The largest absolute Gasteiger partial charge is 0.355 e. The van der Waals surface area contributed by atoms with Gasteiger partial charge in [0.25, 0.3) is 5.91 Å². The molecule has 0 radical (unpaired) electrons. The second-order valence-electron chi connectivity index (χ2n) is 7.16. The van der Waals surface area contributed by atoms with Crippen LogP contribution in [0.5, 0.6) is 0 Å². The van der Waals surface area contributed by atoms with Crippen LogP contribution in [0.25, 0.3) is 5.57 Å². The van der Waals surface area contributed by atoms with E-state index in [1.54, 1.807) is 0 Å². The van der Waals surface area contributed by atoms with Gasteiger partial charge in [-0.15, -0.1) is 11.6 Å². The van der Waals surface area contributed by atoms with Crippen LogP contribution in [0.1, 0.15) is 31.7 Å². The van der Waals surface area contributed by atoms with Crippen molar-refractivity contribution in [2.45, 2.75) is 37.6 Å². The molecule has 1 aromatic carbocycles. The molecule has 144 valence electrons. The third-order valence-electron chi connectivity index (χ3n) is 5.24. The Morgan fingerprint density at radius 2 is 2.07 bits per heavy atom. The lowest BCUT2D eigenvalue weighted by atomic mass is 9.88. The van der Waals surface area contributed by atoms with E-state index in [0.29, 0.717) is 16.7 Å². The van der Waals surface area contributed by atoms with E-state index in [0.717, 1.165) is 40.4 Å². The fourth-order valence-corrected chi connectivity index (χ4v) is 5.52. The summed E-state index contributed by atoms with van der Waals surface area (Å²) >= 11 is 13.5. The topological polar surface area (TPSA) is 32.7 Å². The Morgan fingerprint density at radius 3 is 2.82 bits per heavy atom. The van der Waals surface area contributed by atoms with Crippen LogP contribution in [0.3, 0.4) is 0 Å². The predicted octanol–water partition coefficient (Wildman–Crippen LogP) is 5.38. The molecule has 0 bridgehead atoms. The molecule has 3 aliphatic rings. The van der Waals surface area contributed by atoms with Gasteiger partial charge in [-0.3, -0.25) is 4.79 Å². The maximum absolute atomic E-state index is 13.0. The lowest BCUT2D eigenvalue weighted by Crippen LogP contribution is -2.40. The molecular formula is C22H21ClN2OS2. The molecule has 2 atom stereocenters. The molecule has 1 saturated heterocycles. The average Bonchev–Trinajstić information content (AvgIpc) is 2.70. The summed E-state index contributed by atoms with van der Waals surface area (Å²) in [6, 6.07) is 10.3. The van der Waals surface area contributed by atoms with Crippen molar-refractivity contribution >= 4 is 57.1 Å². The van der Waals surface area contributed by atoms with Crippen molar-refractivity contribution in [3.05, 3.63) is 64.6 Å². The number of carbonyl (C=O) groups is 1. The zero-order chi connectivity index (χ0) is 19.7. The maximum Gasteiger partial charge on any atom is 0.285 e. The number of hydrogen-bond donors (Lipinski definition) is 0.